The molecule has 3 heterocycles. The Morgan fingerprint density at radius 1 is 1.35 bits per heavy atom. The van der Waals surface area contributed by atoms with Gasteiger partial charge in [0, 0.05) is 13.1 Å². The topological polar surface area (TPSA) is 41.3 Å². The van der Waals surface area contributed by atoms with Crippen LogP contribution < -0.4 is 5.32 Å². The number of piperidine rings is 1. The molecule has 2 saturated heterocycles. The average Bonchev–Trinajstić information content (AvgIpc) is 2.92. The molecule has 0 aliphatic carbocycles. The second kappa shape index (κ2) is 5.38. The van der Waals surface area contributed by atoms with Crippen molar-refractivity contribution in [3.8, 4) is 0 Å². The lowest BCUT2D eigenvalue weighted by Crippen LogP contribution is -2.38. The van der Waals surface area contributed by atoms with E-state index in [4.69, 9.17) is 4.42 Å². The Morgan fingerprint density at radius 3 is 2.88 bits per heavy atom. The predicted octanol–water partition coefficient (Wildman–Crippen LogP) is 1.67. The Bertz CT molecular complexity index is 336. The van der Waals surface area contributed by atoms with E-state index in [9.17, 15) is 0 Å². The van der Waals surface area contributed by atoms with E-state index in [1.54, 1.807) is 6.26 Å². The predicted molar refractivity (Wildman–Crippen MR) is 68.2 cm³/mol. The average molecular weight is 258 g/mol. The highest BCUT2D eigenvalue weighted by atomic mass is 35.5. The van der Waals surface area contributed by atoms with Crippen molar-refractivity contribution >= 4 is 12.4 Å². The van der Waals surface area contributed by atoms with Gasteiger partial charge in [0.2, 0.25) is 0 Å². The van der Waals surface area contributed by atoms with Crippen LogP contribution in [0, 0.1) is 5.41 Å². The largest absolute Gasteiger partial charge is 0.451 e. The number of halogens is 1. The molecule has 0 unspecified atom stereocenters. The van der Waals surface area contributed by atoms with Crippen molar-refractivity contribution in [2.75, 3.05) is 26.2 Å². The molecule has 1 aromatic rings. The minimum atomic E-state index is 0. The van der Waals surface area contributed by atoms with E-state index < -0.39 is 0 Å². The van der Waals surface area contributed by atoms with Crippen LogP contribution in [0.5, 0.6) is 0 Å². The SMILES string of the molecule is Cl.c1nc(CN2CCC3(CCNCC3)C2)co1. The number of nitrogens with one attached hydrogen (secondary N) is 1. The summed E-state index contributed by atoms with van der Waals surface area (Å²) in [5.74, 6) is 0. The Kier molecular flexibility index (Phi) is 4.07. The van der Waals surface area contributed by atoms with Gasteiger partial charge < -0.3 is 9.73 Å². The fraction of sp³-hybridized carbons (Fsp3) is 0.750. The van der Waals surface area contributed by atoms with E-state index in [2.05, 4.69) is 15.2 Å². The van der Waals surface area contributed by atoms with Gasteiger partial charge in [-0.25, -0.2) is 4.98 Å². The van der Waals surface area contributed by atoms with Crippen LogP contribution in [-0.4, -0.2) is 36.1 Å². The lowest BCUT2D eigenvalue weighted by atomic mass is 9.78. The quantitative estimate of drug-likeness (QED) is 0.875. The van der Waals surface area contributed by atoms with E-state index in [1.165, 1.54) is 51.8 Å². The molecular formula is C12H20ClN3O. The van der Waals surface area contributed by atoms with Crippen LogP contribution in [0.25, 0.3) is 0 Å². The summed E-state index contributed by atoms with van der Waals surface area (Å²) in [6.07, 6.45) is 7.30. The summed E-state index contributed by atoms with van der Waals surface area (Å²) in [6.45, 7) is 5.79. The summed E-state index contributed by atoms with van der Waals surface area (Å²) in [5.41, 5.74) is 1.65. The molecule has 4 nitrogen and oxygen atoms in total. The number of hydrogen-bond acceptors (Lipinski definition) is 4. The molecule has 2 fully saturated rings. The molecule has 1 aromatic heterocycles. The van der Waals surface area contributed by atoms with Crippen LogP contribution in [0.4, 0.5) is 0 Å². The zero-order valence-electron chi connectivity index (χ0n) is 10.0. The van der Waals surface area contributed by atoms with Gasteiger partial charge >= 0.3 is 0 Å². The Labute approximate surface area is 108 Å². The Morgan fingerprint density at radius 2 is 2.18 bits per heavy atom. The fourth-order valence-electron chi connectivity index (χ4n) is 3.07. The maximum absolute atomic E-state index is 5.01. The van der Waals surface area contributed by atoms with Gasteiger partial charge in [-0.1, -0.05) is 0 Å². The van der Waals surface area contributed by atoms with Gasteiger partial charge in [0.15, 0.2) is 6.39 Å². The third-order valence-electron chi connectivity index (χ3n) is 4.05. The maximum atomic E-state index is 5.01. The monoisotopic (exact) mass is 257 g/mol. The zero-order valence-corrected chi connectivity index (χ0v) is 10.8. The van der Waals surface area contributed by atoms with Crippen LogP contribution in [0.1, 0.15) is 25.0 Å². The van der Waals surface area contributed by atoms with Crippen molar-refractivity contribution in [1.29, 1.82) is 0 Å². The summed E-state index contributed by atoms with van der Waals surface area (Å²) >= 11 is 0. The first-order valence-electron chi connectivity index (χ1n) is 6.17. The van der Waals surface area contributed by atoms with Crippen LogP contribution in [0.2, 0.25) is 0 Å². The van der Waals surface area contributed by atoms with E-state index in [0.717, 1.165) is 12.2 Å². The fourth-order valence-corrected chi connectivity index (χ4v) is 3.07. The van der Waals surface area contributed by atoms with Gasteiger partial charge in [0.1, 0.15) is 6.26 Å². The zero-order chi connectivity index (χ0) is 10.8. The van der Waals surface area contributed by atoms with Gasteiger partial charge in [-0.3, -0.25) is 4.90 Å². The highest BCUT2D eigenvalue weighted by Gasteiger charge is 2.38. The molecule has 0 atom stereocenters. The van der Waals surface area contributed by atoms with Gasteiger partial charge in [-0.2, -0.15) is 0 Å². The first kappa shape index (κ1) is 12.9. The molecule has 3 rings (SSSR count). The van der Waals surface area contributed by atoms with Crippen molar-refractivity contribution in [1.82, 2.24) is 15.2 Å². The number of hydrogen-bond donors (Lipinski definition) is 1. The third kappa shape index (κ3) is 2.81. The number of aromatic nitrogens is 1. The number of likely N-dealkylation sites (tertiary alicyclic amines) is 1. The molecule has 1 spiro atoms. The first-order valence-corrected chi connectivity index (χ1v) is 6.17. The first-order chi connectivity index (χ1) is 7.86. The minimum absolute atomic E-state index is 0. The van der Waals surface area contributed by atoms with Crippen LogP contribution in [0.3, 0.4) is 0 Å². The number of nitrogens with zero attached hydrogens (tertiary/aromatic N) is 2. The third-order valence-corrected chi connectivity index (χ3v) is 4.05. The highest BCUT2D eigenvalue weighted by Crippen LogP contribution is 2.38. The van der Waals surface area contributed by atoms with E-state index in [-0.39, 0.29) is 12.4 Å². The maximum Gasteiger partial charge on any atom is 0.180 e. The normalized spacial score (nSPS) is 23.8. The smallest absolute Gasteiger partial charge is 0.180 e. The van der Waals surface area contributed by atoms with Crippen LogP contribution in [-0.2, 0) is 6.54 Å². The van der Waals surface area contributed by atoms with Crippen molar-refractivity contribution in [2.24, 2.45) is 5.41 Å². The molecular weight excluding hydrogens is 238 g/mol. The van der Waals surface area contributed by atoms with Crippen molar-refractivity contribution < 1.29 is 4.42 Å². The molecule has 0 amide bonds. The lowest BCUT2D eigenvalue weighted by molar-refractivity contribution is 0.193. The molecule has 96 valence electrons. The number of oxazole rings is 1. The van der Waals surface area contributed by atoms with Gasteiger partial charge in [0.25, 0.3) is 0 Å². The standard InChI is InChI=1S/C12H19N3O.ClH/c1-4-13-5-2-12(1)3-6-15(9-12)7-11-8-16-10-14-11;/h8,10,13H,1-7,9H2;1H. The van der Waals surface area contributed by atoms with Crippen molar-refractivity contribution in [2.45, 2.75) is 25.8 Å². The van der Waals surface area contributed by atoms with Gasteiger partial charge in [-0.15, -0.1) is 12.4 Å². The molecule has 2 aliphatic rings. The van der Waals surface area contributed by atoms with Crippen molar-refractivity contribution in [3.05, 3.63) is 18.4 Å². The van der Waals surface area contributed by atoms with E-state index in [0.29, 0.717) is 5.41 Å². The molecule has 17 heavy (non-hydrogen) atoms. The molecule has 5 heteroatoms. The second-order valence-electron chi connectivity index (χ2n) is 5.19. The second-order valence-corrected chi connectivity index (χ2v) is 5.19. The Balaban J connectivity index is 0.00000108. The summed E-state index contributed by atoms with van der Waals surface area (Å²) < 4.78 is 5.01. The van der Waals surface area contributed by atoms with E-state index >= 15 is 0 Å². The summed E-state index contributed by atoms with van der Waals surface area (Å²) in [5, 5.41) is 3.45. The molecule has 0 radical (unpaired) electrons. The summed E-state index contributed by atoms with van der Waals surface area (Å²) in [4.78, 5) is 6.71. The summed E-state index contributed by atoms with van der Waals surface area (Å²) in [6, 6.07) is 0. The van der Waals surface area contributed by atoms with Gasteiger partial charge in [0.05, 0.1) is 5.69 Å². The Hall–Kier alpha value is -0.580. The highest BCUT2D eigenvalue weighted by molar-refractivity contribution is 5.85. The van der Waals surface area contributed by atoms with Crippen LogP contribution >= 0.6 is 12.4 Å². The minimum Gasteiger partial charge on any atom is -0.451 e. The molecule has 0 bridgehead atoms. The molecule has 0 aromatic carbocycles. The van der Waals surface area contributed by atoms with Crippen molar-refractivity contribution in [3.63, 3.8) is 0 Å². The molecule has 1 N–H and O–H groups in total. The van der Waals surface area contributed by atoms with Gasteiger partial charge in [-0.05, 0) is 44.3 Å². The van der Waals surface area contributed by atoms with E-state index in [1.807, 2.05) is 0 Å². The lowest BCUT2D eigenvalue weighted by Gasteiger charge is -2.33. The molecule has 2 aliphatic heterocycles. The molecule has 0 saturated carbocycles. The number of rotatable bonds is 2. The van der Waals surface area contributed by atoms with Crippen LogP contribution in [0.15, 0.2) is 17.1 Å². The summed E-state index contributed by atoms with van der Waals surface area (Å²) in [7, 11) is 0.